The standard InChI is InChI=1S/C15H15F3N2OS/c16-15(17,18)13-4-2-1-3-12(13)14-19-9-11(22-14)10-20-5-7-21-8-6-20/h1-4,9H,5-8,10H2. The van der Waals surface area contributed by atoms with Crippen molar-refractivity contribution in [3.63, 3.8) is 0 Å². The molecule has 0 unspecified atom stereocenters. The number of thiazole rings is 1. The number of alkyl halides is 3. The second-order valence-corrected chi connectivity index (χ2v) is 6.18. The molecular weight excluding hydrogens is 313 g/mol. The van der Waals surface area contributed by atoms with Crippen LogP contribution >= 0.6 is 11.3 Å². The molecule has 0 radical (unpaired) electrons. The molecular formula is C15H15F3N2OS. The molecule has 0 spiro atoms. The lowest BCUT2D eigenvalue weighted by molar-refractivity contribution is -0.137. The molecule has 1 aliphatic heterocycles. The molecule has 0 atom stereocenters. The van der Waals surface area contributed by atoms with E-state index >= 15 is 0 Å². The van der Waals surface area contributed by atoms with Gasteiger partial charge in [0.15, 0.2) is 0 Å². The van der Waals surface area contributed by atoms with Gasteiger partial charge in [0, 0.05) is 36.3 Å². The zero-order valence-corrected chi connectivity index (χ0v) is 12.6. The van der Waals surface area contributed by atoms with E-state index in [0.29, 0.717) is 24.8 Å². The first-order chi connectivity index (χ1) is 10.5. The molecule has 3 rings (SSSR count). The van der Waals surface area contributed by atoms with Gasteiger partial charge in [-0.2, -0.15) is 13.2 Å². The highest BCUT2D eigenvalue weighted by atomic mass is 32.1. The summed E-state index contributed by atoms with van der Waals surface area (Å²) in [5.41, 5.74) is -0.490. The summed E-state index contributed by atoms with van der Waals surface area (Å²) >= 11 is 1.32. The van der Waals surface area contributed by atoms with Crippen LogP contribution in [0, 0.1) is 0 Å². The Hall–Kier alpha value is -1.44. The fourth-order valence-electron chi connectivity index (χ4n) is 2.40. The van der Waals surface area contributed by atoms with Gasteiger partial charge in [0.1, 0.15) is 5.01 Å². The Morgan fingerprint density at radius 2 is 1.91 bits per heavy atom. The zero-order valence-electron chi connectivity index (χ0n) is 11.8. The Morgan fingerprint density at radius 1 is 1.18 bits per heavy atom. The molecule has 118 valence electrons. The lowest BCUT2D eigenvalue weighted by Crippen LogP contribution is -2.35. The summed E-state index contributed by atoms with van der Waals surface area (Å²) in [6.07, 6.45) is -2.70. The molecule has 1 aromatic heterocycles. The Morgan fingerprint density at radius 3 is 2.64 bits per heavy atom. The van der Waals surface area contributed by atoms with Crippen LogP contribution in [-0.4, -0.2) is 36.2 Å². The Labute approximate surface area is 130 Å². The van der Waals surface area contributed by atoms with Crippen LogP contribution in [0.5, 0.6) is 0 Å². The molecule has 0 bridgehead atoms. The molecule has 1 saturated heterocycles. The second kappa shape index (κ2) is 6.36. The van der Waals surface area contributed by atoms with Gasteiger partial charge in [-0.15, -0.1) is 11.3 Å². The van der Waals surface area contributed by atoms with Crippen molar-refractivity contribution < 1.29 is 17.9 Å². The lowest BCUT2D eigenvalue weighted by atomic mass is 10.1. The van der Waals surface area contributed by atoms with Gasteiger partial charge in [-0.05, 0) is 6.07 Å². The molecule has 1 aliphatic rings. The zero-order chi connectivity index (χ0) is 15.6. The van der Waals surface area contributed by atoms with Crippen molar-refractivity contribution in [3.05, 3.63) is 40.9 Å². The Bertz CT molecular complexity index is 636. The monoisotopic (exact) mass is 328 g/mol. The molecule has 7 heteroatoms. The van der Waals surface area contributed by atoms with Crippen LogP contribution in [0.3, 0.4) is 0 Å². The fourth-order valence-corrected chi connectivity index (χ4v) is 3.40. The van der Waals surface area contributed by atoms with Crippen LogP contribution in [-0.2, 0) is 17.5 Å². The number of benzene rings is 1. The molecule has 0 aliphatic carbocycles. The van der Waals surface area contributed by atoms with Crippen LogP contribution in [0.4, 0.5) is 13.2 Å². The molecule has 2 heterocycles. The summed E-state index contributed by atoms with van der Waals surface area (Å²) in [7, 11) is 0. The molecule has 0 amide bonds. The summed E-state index contributed by atoms with van der Waals surface area (Å²) in [6.45, 7) is 3.78. The molecule has 1 aromatic carbocycles. The minimum atomic E-state index is -4.37. The number of halogens is 3. The van der Waals surface area contributed by atoms with E-state index in [1.54, 1.807) is 12.3 Å². The normalized spacial score (nSPS) is 16.9. The number of nitrogens with zero attached hydrogens (tertiary/aromatic N) is 2. The number of hydrogen-bond donors (Lipinski definition) is 0. The topological polar surface area (TPSA) is 25.4 Å². The van der Waals surface area contributed by atoms with Crippen LogP contribution < -0.4 is 0 Å². The first-order valence-corrected chi connectivity index (χ1v) is 7.77. The van der Waals surface area contributed by atoms with Gasteiger partial charge in [-0.1, -0.05) is 18.2 Å². The maximum atomic E-state index is 13.1. The van der Waals surface area contributed by atoms with E-state index in [9.17, 15) is 13.2 Å². The van der Waals surface area contributed by atoms with Gasteiger partial charge in [-0.3, -0.25) is 4.90 Å². The van der Waals surface area contributed by atoms with Crippen LogP contribution in [0.1, 0.15) is 10.4 Å². The van der Waals surface area contributed by atoms with Gasteiger partial charge < -0.3 is 4.74 Å². The summed E-state index contributed by atoms with van der Waals surface area (Å²) < 4.78 is 44.5. The Balaban J connectivity index is 1.82. The van der Waals surface area contributed by atoms with Crippen LogP contribution in [0.25, 0.3) is 10.6 Å². The van der Waals surface area contributed by atoms with Gasteiger partial charge in [0.25, 0.3) is 0 Å². The highest BCUT2D eigenvalue weighted by Crippen LogP contribution is 2.38. The second-order valence-electron chi connectivity index (χ2n) is 5.06. The van der Waals surface area contributed by atoms with Crippen molar-refractivity contribution >= 4 is 11.3 Å². The molecule has 0 N–H and O–H groups in total. The van der Waals surface area contributed by atoms with Crippen molar-refractivity contribution in [3.8, 4) is 10.6 Å². The first-order valence-electron chi connectivity index (χ1n) is 6.95. The van der Waals surface area contributed by atoms with E-state index < -0.39 is 11.7 Å². The predicted molar refractivity (Wildman–Crippen MR) is 78.6 cm³/mol. The summed E-state index contributed by atoms with van der Waals surface area (Å²) in [4.78, 5) is 7.37. The largest absolute Gasteiger partial charge is 0.417 e. The third-order valence-corrected chi connectivity index (χ3v) is 4.51. The van der Waals surface area contributed by atoms with Gasteiger partial charge in [0.05, 0.1) is 18.8 Å². The van der Waals surface area contributed by atoms with E-state index in [1.165, 1.54) is 23.5 Å². The first kappa shape index (κ1) is 15.5. The highest BCUT2D eigenvalue weighted by molar-refractivity contribution is 7.15. The smallest absolute Gasteiger partial charge is 0.379 e. The third kappa shape index (κ3) is 3.48. The van der Waals surface area contributed by atoms with Crippen molar-refractivity contribution in [2.75, 3.05) is 26.3 Å². The molecule has 0 saturated carbocycles. The molecule has 22 heavy (non-hydrogen) atoms. The van der Waals surface area contributed by atoms with E-state index in [0.717, 1.165) is 24.0 Å². The lowest BCUT2D eigenvalue weighted by Gasteiger charge is -2.25. The average Bonchev–Trinajstić information content (AvgIpc) is 2.96. The average molecular weight is 328 g/mol. The van der Waals surface area contributed by atoms with Crippen molar-refractivity contribution in [1.82, 2.24) is 9.88 Å². The number of ether oxygens (including phenoxy) is 1. The van der Waals surface area contributed by atoms with E-state index in [2.05, 4.69) is 9.88 Å². The SMILES string of the molecule is FC(F)(F)c1ccccc1-c1ncc(CN2CCOCC2)s1. The Kier molecular flexibility index (Phi) is 4.46. The van der Waals surface area contributed by atoms with E-state index in [4.69, 9.17) is 4.74 Å². The number of rotatable bonds is 3. The predicted octanol–water partition coefficient (Wildman–Crippen LogP) is 3.66. The summed E-state index contributed by atoms with van der Waals surface area (Å²) in [5, 5.41) is 0.413. The van der Waals surface area contributed by atoms with Crippen molar-refractivity contribution in [1.29, 1.82) is 0 Å². The number of aromatic nitrogens is 1. The summed E-state index contributed by atoms with van der Waals surface area (Å²) in [6, 6.07) is 5.57. The molecule has 3 nitrogen and oxygen atoms in total. The van der Waals surface area contributed by atoms with Gasteiger partial charge in [0.2, 0.25) is 0 Å². The minimum absolute atomic E-state index is 0.147. The van der Waals surface area contributed by atoms with Gasteiger partial charge in [-0.25, -0.2) is 4.98 Å². The minimum Gasteiger partial charge on any atom is -0.379 e. The third-order valence-electron chi connectivity index (χ3n) is 3.50. The van der Waals surface area contributed by atoms with Crippen LogP contribution in [0.2, 0.25) is 0 Å². The fraction of sp³-hybridized carbons (Fsp3) is 0.400. The van der Waals surface area contributed by atoms with E-state index in [-0.39, 0.29) is 5.56 Å². The quantitative estimate of drug-likeness (QED) is 0.860. The summed E-state index contributed by atoms with van der Waals surface area (Å²) in [5.74, 6) is 0. The van der Waals surface area contributed by atoms with Crippen molar-refractivity contribution in [2.45, 2.75) is 12.7 Å². The maximum Gasteiger partial charge on any atom is 0.417 e. The maximum absolute atomic E-state index is 13.1. The molecule has 2 aromatic rings. The van der Waals surface area contributed by atoms with E-state index in [1.807, 2.05) is 0 Å². The van der Waals surface area contributed by atoms with Gasteiger partial charge >= 0.3 is 6.18 Å². The molecule has 1 fully saturated rings. The number of morpholine rings is 1. The van der Waals surface area contributed by atoms with Crippen molar-refractivity contribution in [2.24, 2.45) is 0 Å². The number of hydrogen-bond acceptors (Lipinski definition) is 4. The highest BCUT2D eigenvalue weighted by Gasteiger charge is 2.34. The van der Waals surface area contributed by atoms with Crippen LogP contribution in [0.15, 0.2) is 30.5 Å².